The van der Waals surface area contributed by atoms with E-state index in [0.717, 1.165) is 11.3 Å². The molecular weight excluding hydrogens is 196 g/mol. The lowest BCUT2D eigenvalue weighted by Crippen LogP contribution is -2.04. The van der Waals surface area contributed by atoms with Gasteiger partial charge in [-0.1, -0.05) is 30.3 Å². The topological polar surface area (TPSA) is 35.8 Å². The summed E-state index contributed by atoms with van der Waals surface area (Å²) >= 11 is 5.64. The van der Waals surface area contributed by atoms with Gasteiger partial charge in [0.1, 0.15) is 6.07 Å². The molecule has 1 aromatic carbocycles. The van der Waals surface area contributed by atoms with Gasteiger partial charge in [0.15, 0.2) is 0 Å². The van der Waals surface area contributed by atoms with Gasteiger partial charge in [0.25, 0.3) is 0 Å². The van der Waals surface area contributed by atoms with E-state index in [2.05, 4.69) is 18.0 Å². The number of halogens is 1. The molecule has 0 bridgehead atoms. The highest BCUT2D eigenvalue weighted by atomic mass is 35.5. The van der Waals surface area contributed by atoms with E-state index in [1.807, 2.05) is 19.1 Å². The predicted molar refractivity (Wildman–Crippen MR) is 59.4 cm³/mol. The van der Waals surface area contributed by atoms with E-state index < -0.39 is 0 Å². The Kier molecular flexibility index (Phi) is 3.55. The van der Waals surface area contributed by atoms with Crippen LogP contribution in [0.4, 0.5) is 5.69 Å². The molecule has 1 N–H and O–H groups in total. The molecule has 0 aliphatic rings. The van der Waals surface area contributed by atoms with Crippen molar-refractivity contribution < 1.29 is 0 Å². The first kappa shape index (κ1) is 10.6. The van der Waals surface area contributed by atoms with Crippen LogP contribution in [0.2, 0.25) is 0 Å². The fourth-order valence-corrected chi connectivity index (χ4v) is 1.25. The maximum absolute atomic E-state index is 8.86. The van der Waals surface area contributed by atoms with Crippen LogP contribution in [0.15, 0.2) is 29.8 Å². The van der Waals surface area contributed by atoms with E-state index in [-0.39, 0.29) is 0 Å². The molecule has 0 saturated carbocycles. The van der Waals surface area contributed by atoms with Gasteiger partial charge in [-0.3, -0.25) is 0 Å². The maximum Gasteiger partial charge on any atom is 0.101 e. The van der Waals surface area contributed by atoms with Crippen LogP contribution in [0, 0.1) is 18.3 Å². The van der Waals surface area contributed by atoms with E-state index in [1.165, 1.54) is 0 Å². The van der Waals surface area contributed by atoms with E-state index >= 15 is 0 Å². The monoisotopic (exact) mass is 206 g/mol. The first-order chi connectivity index (χ1) is 6.65. The van der Waals surface area contributed by atoms with Crippen molar-refractivity contribution in [3.8, 4) is 6.07 Å². The molecule has 0 heterocycles. The fourth-order valence-electron chi connectivity index (χ4n) is 1.18. The molecule has 3 heteroatoms. The number of anilines is 1. The molecule has 1 aromatic rings. The van der Waals surface area contributed by atoms with Crippen molar-refractivity contribution in [1.82, 2.24) is 0 Å². The highest BCUT2D eigenvalue weighted by molar-refractivity contribution is 6.29. The average molecular weight is 207 g/mol. The Morgan fingerprint density at radius 3 is 2.93 bits per heavy atom. The first-order valence-corrected chi connectivity index (χ1v) is 4.60. The average Bonchev–Trinajstić information content (AvgIpc) is 2.15. The van der Waals surface area contributed by atoms with Crippen LogP contribution in [-0.4, -0.2) is 6.54 Å². The zero-order valence-electron chi connectivity index (χ0n) is 7.97. The van der Waals surface area contributed by atoms with Gasteiger partial charge < -0.3 is 5.32 Å². The predicted octanol–water partition coefficient (Wildman–Crippen LogP) is 3.03. The Morgan fingerprint density at radius 1 is 1.64 bits per heavy atom. The van der Waals surface area contributed by atoms with Gasteiger partial charge in [-0.25, -0.2) is 0 Å². The molecule has 14 heavy (non-hydrogen) atoms. The highest BCUT2D eigenvalue weighted by Gasteiger charge is 2.03. The van der Waals surface area contributed by atoms with Crippen molar-refractivity contribution >= 4 is 17.3 Å². The number of nitrogens with zero attached hydrogens (tertiary/aromatic N) is 1. The summed E-state index contributed by atoms with van der Waals surface area (Å²) < 4.78 is 0. The second kappa shape index (κ2) is 4.69. The van der Waals surface area contributed by atoms with Gasteiger partial charge >= 0.3 is 0 Å². The Morgan fingerprint density at radius 2 is 2.36 bits per heavy atom. The number of hydrogen-bond donors (Lipinski definition) is 1. The van der Waals surface area contributed by atoms with Gasteiger partial charge in [0.2, 0.25) is 0 Å². The summed E-state index contributed by atoms with van der Waals surface area (Å²) in [4.78, 5) is 0. The van der Waals surface area contributed by atoms with Crippen LogP contribution < -0.4 is 5.32 Å². The Labute approximate surface area is 88.8 Å². The molecule has 0 amide bonds. The first-order valence-electron chi connectivity index (χ1n) is 4.22. The normalized spacial score (nSPS) is 9.21. The smallest absolute Gasteiger partial charge is 0.101 e. The molecule has 0 aliphatic heterocycles. The van der Waals surface area contributed by atoms with Crippen LogP contribution in [0.25, 0.3) is 0 Å². The van der Waals surface area contributed by atoms with Crippen molar-refractivity contribution in [2.75, 3.05) is 11.9 Å². The summed E-state index contributed by atoms with van der Waals surface area (Å²) in [5.74, 6) is 0. The lowest BCUT2D eigenvalue weighted by atomic mass is 10.1. The van der Waals surface area contributed by atoms with Crippen molar-refractivity contribution in [2.45, 2.75) is 6.92 Å². The molecule has 1 rings (SSSR count). The second-order valence-electron chi connectivity index (χ2n) is 2.98. The molecular formula is C11H11ClN2. The zero-order valence-corrected chi connectivity index (χ0v) is 8.73. The summed E-state index contributed by atoms with van der Waals surface area (Å²) in [5.41, 5.74) is 2.49. The maximum atomic E-state index is 8.86. The number of nitriles is 1. The number of aryl methyl sites for hydroxylation is 1. The Balaban J connectivity index is 2.94. The van der Waals surface area contributed by atoms with Crippen LogP contribution in [0.5, 0.6) is 0 Å². The van der Waals surface area contributed by atoms with Gasteiger partial charge in [0.05, 0.1) is 17.8 Å². The summed E-state index contributed by atoms with van der Waals surface area (Å²) in [6, 6.07) is 7.70. The van der Waals surface area contributed by atoms with E-state index in [4.69, 9.17) is 16.9 Å². The summed E-state index contributed by atoms with van der Waals surface area (Å²) in [7, 11) is 0. The number of hydrogen-bond acceptors (Lipinski definition) is 2. The highest BCUT2D eigenvalue weighted by Crippen LogP contribution is 2.19. The molecule has 0 aliphatic carbocycles. The lowest BCUT2D eigenvalue weighted by Gasteiger charge is -2.09. The van der Waals surface area contributed by atoms with Crippen LogP contribution in [0.3, 0.4) is 0 Å². The van der Waals surface area contributed by atoms with Gasteiger partial charge in [-0.2, -0.15) is 5.26 Å². The van der Waals surface area contributed by atoms with Crippen LogP contribution in [-0.2, 0) is 0 Å². The van der Waals surface area contributed by atoms with Crippen LogP contribution in [0.1, 0.15) is 11.1 Å². The van der Waals surface area contributed by atoms with Crippen molar-refractivity contribution in [3.05, 3.63) is 40.9 Å². The summed E-state index contributed by atoms with van der Waals surface area (Å²) in [6.45, 7) is 5.99. The molecule has 0 unspecified atom stereocenters. The fraction of sp³-hybridized carbons (Fsp3) is 0.182. The van der Waals surface area contributed by atoms with Crippen molar-refractivity contribution in [1.29, 1.82) is 5.26 Å². The molecule has 0 radical (unpaired) electrons. The van der Waals surface area contributed by atoms with Gasteiger partial charge in [-0.15, -0.1) is 0 Å². The minimum absolute atomic E-state index is 0.473. The third-order valence-electron chi connectivity index (χ3n) is 1.85. The third kappa shape index (κ3) is 2.51. The number of nitrogens with one attached hydrogen (secondary N) is 1. The minimum Gasteiger partial charge on any atom is -0.379 e. The van der Waals surface area contributed by atoms with E-state index in [1.54, 1.807) is 6.07 Å². The quantitative estimate of drug-likeness (QED) is 0.825. The van der Waals surface area contributed by atoms with Gasteiger partial charge in [-0.05, 0) is 18.6 Å². The number of rotatable bonds is 3. The standard InChI is InChI=1S/C11H11ClN2/c1-8-4-3-5-10(6-13)11(8)14-7-9(2)12/h3-5,14H,2,7H2,1H3. The molecule has 0 fully saturated rings. The molecule has 0 spiro atoms. The Bertz CT molecular complexity index is 391. The minimum atomic E-state index is 0.473. The zero-order chi connectivity index (χ0) is 10.6. The van der Waals surface area contributed by atoms with Gasteiger partial charge in [0, 0.05) is 5.03 Å². The second-order valence-corrected chi connectivity index (χ2v) is 3.51. The van der Waals surface area contributed by atoms with E-state index in [0.29, 0.717) is 17.1 Å². The molecule has 0 atom stereocenters. The molecule has 72 valence electrons. The molecule has 0 aromatic heterocycles. The molecule has 2 nitrogen and oxygen atoms in total. The third-order valence-corrected chi connectivity index (χ3v) is 1.98. The number of benzene rings is 1. The summed E-state index contributed by atoms with van der Waals surface area (Å²) in [5, 5.41) is 12.5. The largest absolute Gasteiger partial charge is 0.379 e. The van der Waals surface area contributed by atoms with Crippen LogP contribution >= 0.6 is 11.6 Å². The number of para-hydroxylation sites is 1. The summed E-state index contributed by atoms with van der Waals surface area (Å²) in [6.07, 6.45) is 0. The van der Waals surface area contributed by atoms with E-state index in [9.17, 15) is 0 Å². The van der Waals surface area contributed by atoms with Crippen molar-refractivity contribution in [2.24, 2.45) is 0 Å². The molecule has 0 saturated heterocycles. The lowest BCUT2D eigenvalue weighted by molar-refractivity contribution is 1.27. The van der Waals surface area contributed by atoms with Crippen molar-refractivity contribution in [3.63, 3.8) is 0 Å². The SMILES string of the molecule is C=C(Cl)CNc1c(C)cccc1C#N. The Hall–Kier alpha value is -1.46.